The van der Waals surface area contributed by atoms with Gasteiger partial charge < -0.3 is 9.64 Å². The number of para-hydroxylation sites is 1. The number of piperidine rings is 1. The van der Waals surface area contributed by atoms with Gasteiger partial charge in [0.05, 0.1) is 35.6 Å². The molecule has 0 saturated carbocycles. The summed E-state index contributed by atoms with van der Waals surface area (Å²) in [6, 6.07) is 10.1. The molecule has 21 heavy (non-hydrogen) atoms. The zero-order valence-corrected chi connectivity index (χ0v) is 12.1. The quantitative estimate of drug-likeness (QED) is 0.778. The molecular formula is C16H18N4O. The molecule has 0 aromatic heterocycles. The molecule has 2 aliphatic rings. The van der Waals surface area contributed by atoms with Crippen molar-refractivity contribution in [3.63, 3.8) is 0 Å². The SMILES string of the molecule is CN1CCOC2CCN(c3c(C#N)cccc3C#N)CC21. The largest absolute Gasteiger partial charge is 0.375 e. The van der Waals surface area contributed by atoms with Gasteiger partial charge in [-0.2, -0.15) is 10.5 Å². The standard InChI is InChI=1S/C16H18N4O/c1-19-7-8-21-15-5-6-20(11-14(15)19)16-12(9-17)3-2-4-13(16)10-18/h2-4,14-15H,5-8,11H2,1H3. The highest BCUT2D eigenvalue weighted by Gasteiger charge is 2.36. The molecule has 0 amide bonds. The summed E-state index contributed by atoms with van der Waals surface area (Å²) in [5.74, 6) is 0. The second-order valence-corrected chi connectivity index (χ2v) is 5.62. The molecule has 0 spiro atoms. The first-order valence-electron chi connectivity index (χ1n) is 7.24. The minimum absolute atomic E-state index is 0.264. The van der Waals surface area contributed by atoms with Crippen LogP contribution >= 0.6 is 0 Å². The number of fused-ring (bicyclic) bond motifs is 1. The third-order valence-corrected chi connectivity index (χ3v) is 4.46. The Kier molecular flexibility index (Phi) is 3.79. The Balaban J connectivity index is 1.92. The van der Waals surface area contributed by atoms with Crippen LogP contribution in [-0.2, 0) is 4.74 Å². The Morgan fingerprint density at radius 1 is 1.19 bits per heavy atom. The molecule has 2 saturated heterocycles. The summed E-state index contributed by atoms with van der Waals surface area (Å²) in [7, 11) is 2.12. The van der Waals surface area contributed by atoms with Crippen LogP contribution in [0.15, 0.2) is 18.2 Å². The Morgan fingerprint density at radius 3 is 2.57 bits per heavy atom. The maximum atomic E-state index is 9.33. The molecule has 5 nitrogen and oxygen atoms in total. The number of hydrogen-bond donors (Lipinski definition) is 0. The third kappa shape index (κ3) is 2.47. The summed E-state index contributed by atoms with van der Waals surface area (Å²) < 4.78 is 5.85. The van der Waals surface area contributed by atoms with Crippen LogP contribution in [0.5, 0.6) is 0 Å². The first-order chi connectivity index (χ1) is 10.2. The maximum absolute atomic E-state index is 9.33. The summed E-state index contributed by atoms with van der Waals surface area (Å²) in [5.41, 5.74) is 1.93. The highest BCUT2D eigenvalue weighted by atomic mass is 16.5. The molecule has 2 fully saturated rings. The molecule has 1 aromatic rings. The van der Waals surface area contributed by atoms with E-state index in [1.54, 1.807) is 18.2 Å². The van der Waals surface area contributed by atoms with E-state index in [4.69, 9.17) is 4.74 Å². The number of morpholine rings is 1. The van der Waals surface area contributed by atoms with E-state index < -0.39 is 0 Å². The average molecular weight is 282 g/mol. The Bertz CT molecular complexity index is 583. The highest BCUT2D eigenvalue weighted by molar-refractivity contribution is 5.68. The summed E-state index contributed by atoms with van der Waals surface area (Å²) in [6.07, 6.45) is 1.19. The molecule has 0 N–H and O–H groups in total. The van der Waals surface area contributed by atoms with Crippen molar-refractivity contribution in [1.82, 2.24) is 4.90 Å². The van der Waals surface area contributed by atoms with Gasteiger partial charge in [0.1, 0.15) is 12.1 Å². The van der Waals surface area contributed by atoms with E-state index in [1.165, 1.54) is 0 Å². The Morgan fingerprint density at radius 2 is 1.90 bits per heavy atom. The Hall–Kier alpha value is -2.08. The highest BCUT2D eigenvalue weighted by Crippen LogP contribution is 2.30. The fourth-order valence-corrected chi connectivity index (χ4v) is 3.31. The molecule has 0 bridgehead atoms. The molecule has 0 radical (unpaired) electrons. The monoisotopic (exact) mass is 282 g/mol. The maximum Gasteiger partial charge on any atom is 0.101 e. The van der Waals surface area contributed by atoms with Crippen LogP contribution in [0.25, 0.3) is 0 Å². The number of benzene rings is 1. The molecule has 0 aliphatic carbocycles. The van der Waals surface area contributed by atoms with Crippen LogP contribution in [0, 0.1) is 22.7 Å². The van der Waals surface area contributed by atoms with Gasteiger partial charge in [-0.25, -0.2) is 0 Å². The summed E-state index contributed by atoms with van der Waals surface area (Å²) in [5, 5.41) is 18.7. The van der Waals surface area contributed by atoms with E-state index in [1.807, 2.05) is 0 Å². The number of ether oxygens (including phenoxy) is 1. The van der Waals surface area contributed by atoms with E-state index in [2.05, 4.69) is 29.0 Å². The first-order valence-corrected chi connectivity index (χ1v) is 7.24. The number of hydrogen-bond acceptors (Lipinski definition) is 5. The number of nitrogens with zero attached hydrogens (tertiary/aromatic N) is 4. The van der Waals surface area contributed by atoms with Gasteiger partial charge in [-0.3, -0.25) is 4.90 Å². The van der Waals surface area contributed by atoms with Crippen molar-refractivity contribution in [2.75, 3.05) is 38.2 Å². The van der Waals surface area contributed by atoms with Gasteiger partial charge in [0.25, 0.3) is 0 Å². The van der Waals surface area contributed by atoms with E-state index in [-0.39, 0.29) is 6.10 Å². The molecule has 2 heterocycles. The fourth-order valence-electron chi connectivity index (χ4n) is 3.31. The van der Waals surface area contributed by atoms with Crippen LogP contribution in [0.2, 0.25) is 0 Å². The smallest absolute Gasteiger partial charge is 0.101 e. The van der Waals surface area contributed by atoms with Crippen molar-refractivity contribution < 1.29 is 4.74 Å². The second kappa shape index (κ2) is 5.73. The number of anilines is 1. The number of rotatable bonds is 1. The van der Waals surface area contributed by atoms with Crippen molar-refractivity contribution in [2.24, 2.45) is 0 Å². The van der Waals surface area contributed by atoms with Gasteiger partial charge in [-0.15, -0.1) is 0 Å². The zero-order valence-electron chi connectivity index (χ0n) is 12.1. The van der Waals surface area contributed by atoms with E-state index in [0.717, 1.165) is 38.3 Å². The van der Waals surface area contributed by atoms with Crippen molar-refractivity contribution in [2.45, 2.75) is 18.6 Å². The minimum Gasteiger partial charge on any atom is -0.375 e. The van der Waals surface area contributed by atoms with Crippen LogP contribution in [0.1, 0.15) is 17.5 Å². The zero-order chi connectivity index (χ0) is 14.8. The number of nitriles is 2. The molecule has 108 valence electrons. The molecule has 2 atom stereocenters. The van der Waals surface area contributed by atoms with Gasteiger partial charge in [0.15, 0.2) is 0 Å². The molecule has 2 aliphatic heterocycles. The molecule has 3 rings (SSSR count). The second-order valence-electron chi connectivity index (χ2n) is 5.62. The molecular weight excluding hydrogens is 264 g/mol. The normalized spacial score (nSPS) is 25.8. The minimum atomic E-state index is 0.264. The van der Waals surface area contributed by atoms with Crippen LogP contribution in [-0.4, -0.2) is 50.3 Å². The molecule has 5 heteroatoms. The summed E-state index contributed by atoms with van der Waals surface area (Å²) in [4.78, 5) is 4.49. The van der Waals surface area contributed by atoms with Gasteiger partial charge in [-0.05, 0) is 25.6 Å². The third-order valence-electron chi connectivity index (χ3n) is 4.46. The van der Waals surface area contributed by atoms with E-state index in [9.17, 15) is 10.5 Å². The average Bonchev–Trinajstić information content (AvgIpc) is 2.54. The van der Waals surface area contributed by atoms with Gasteiger partial charge in [-0.1, -0.05) is 6.07 Å². The van der Waals surface area contributed by atoms with Crippen molar-refractivity contribution >= 4 is 5.69 Å². The van der Waals surface area contributed by atoms with Crippen molar-refractivity contribution in [3.8, 4) is 12.1 Å². The van der Waals surface area contributed by atoms with Gasteiger partial charge in [0, 0.05) is 19.6 Å². The summed E-state index contributed by atoms with van der Waals surface area (Å²) in [6.45, 7) is 3.34. The van der Waals surface area contributed by atoms with Crippen LogP contribution < -0.4 is 4.90 Å². The lowest BCUT2D eigenvalue weighted by Gasteiger charge is -2.46. The number of likely N-dealkylation sites (N-methyl/N-ethyl adjacent to an activating group) is 1. The lowest BCUT2D eigenvalue weighted by Crippen LogP contribution is -2.59. The van der Waals surface area contributed by atoms with E-state index in [0.29, 0.717) is 17.2 Å². The predicted molar refractivity (Wildman–Crippen MR) is 78.9 cm³/mol. The molecule has 1 aromatic carbocycles. The lowest BCUT2D eigenvalue weighted by molar-refractivity contribution is -0.0687. The van der Waals surface area contributed by atoms with Gasteiger partial charge in [0.2, 0.25) is 0 Å². The lowest BCUT2D eigenvalue weighted by atomic mass is 9.97. The predicted octanol–water partition coefficient (Wildman–Crippen LogP) is 1.34. The van der Waals surface area contributed by atoms with Crippen molar-refractivity contribution in [3.05, 3.63) is 29.3 Å². The van der Waals surface area contributed by atoms with E-state index >= 15 is 0 Å². The van der Waals surface area contributed by atoms with Crippen molar-refractivity contribution in [1.29, 1.82) is 10.5 Å². The van der Waals surface area contributed by atoms with Crippen LogP contribution in [0.3, 0.4) is 0 Å². The van der Waals surface area contributed by atoms with Gasteiger partial charge >= 0.3 is 0 Å². The topological polar surface area (TPSA) is 63.3 Å². The molecule has 2 unspecified atom stereocenters. The fraction of sp³-hybridized carbons (Fsp3) is 0.500. The first kappa shape index (κ1) is 13.9. The van der Waals surface area contributed by atoms with Crippen LogP contribution in [0.4, 0.5) is 5.69 Å². The summed E-state index contributed by atoms with van der Waals surface area (Å²) >= 11 is 0. The Labute approximate surface area is 124 Å².